The van der Waals surface area contributed by atoms with Crippen LogP contribution in [0.5, 0.6) is 0 Å². The number of rotatable bonds is 3. The molecule has 0 aromatic rings. The van der Waals surface area contributed by atoms with Crippen molar-refractivity contribution in [2.45, 2.75) is 13.3 Å². The van der Waals surface area contributed by atoms with Crippen molar-refractivity contribution >= 4 is 49.7 Å². The van der Waals surface area contributed by atoms with Crippen molar-refractivity contribution in [3.63, 3.8) is 0 Å². The first kappa shape index (κ1) is 13.5. The molecule has 0 aliphatic carbocycles. The Morgan fingerprint density at radius 1 is 1.45 bits per heavy atom. The minimum atomic E-state index is -1.22. The van der Waals surface area contributed by atoms with Gasteiger partial charge in [0, 0.05) is 11.6 Å². The second-order valence-corrected chi connectivity index (χ2v) is 1.67. The molecule has 0 aromatic carbocycles. The molecule has 0 rings (SSSR count). The van der Waals surface area contributed by atoms with Crippen LogP contribution >= 0.6 is 0 Å². The summed E-state index contributed by atoms with van der Waals surface area (Å²) in [6, 6.07) is 0. The molecule has 5 heteroatoms. The Labute approximate surface area is 96.9 Å². The third kappa shape index (κ3) is 6.34. The van der Waals surface area contributed by atoms with Crippen LogP contribution in [0.3, 0.4) is 0 Å². The largest absolute Gasteiger partial charge is 2.00 e. The monoisotopic (exact) mass is 186 g/mol. The van der Waals surface area contributed by atoms with Gasteiger partial charge in [0.1, 0.15) is 0 Å². The van der Waals surface area contributed by atoms with Gasteiger partial charge in [0.25, 0.3) is 0 Å². The molecule has 0 heterocycles. The predicted octanol–water partition coefficient (Wildman–Crippen LogP) is 0.336. The summed E-state index contributed by atoms with van der Waals surface area (Å²) < 4.78 is 0. The molecule has 0 aromatic heterocycles. The summed E-state index contributed by atoms with van der Waals surface area (Å²) in [5.41, 5.74) is -0.0903. The van der Waals surface area contributed by atoms with Crippen molar-refractivity contribution in [3.8, 4) is 0 Å². The van der Waals surface area contributed by atoms with E-state index < -0.39 is 11.9 Å². The fraction of sp³-hybridized carbons (Fsp3) is 0.333. The van der Waals surface area contributed by atoms with E-state index in [9.17, 15) is 9.59 Å². The standard InChI is InChI=1S/C6H8O4.Ca.2H/c1-2-4(6(9)10)3-5(7)8;;;/h3H,2H2,1H3,(H,7,8)(H,9,10);;;/q;+2;2*-1/b4-3+;;;. The molecule has 0 amide bonds. The third-order valence-electron chi connectivity index (χ3n) is 0.953. The van der Waals surface area contributed by atoms with Crippen LogP contribution in [0.4, 0.5) is 0 Å². The van der Waals surface area contributed by atoms with E-state index in [2.05, 4.69) is 0 Å². The molecular formula is C6H10CaO4. The van der Waals surface area contributed by atoms with Crippen molar-refractivity contribution in [2.24, 2.45) is 0 Å². The second-order valence-electron chi connectivity index (χ2n) is 1.67. The van der Waals surface area contributed by atoms with Crippen molar-refractivity contribution in [2.75, 3.05) is 0 Å². The van der Waals surface area contributed by atoms with Gasteiger partial charge in [-0.05, 0) is 6.42 Å². The summed E-state index contributed by atoms with van der Waals surface area (Å²) in [7, 11) is 0. The minimum absolute atomic E-state index is 0. The van der Waals surface area contributed by atoms with Gasteiger partial charge in [-0.1, -0.05) is 6.92 Å². The van der Waals surface area contributed by atoms with Gasteiger partial charge in [0.05, 0.1) is 0 Å². The Bertz CT molecular complexity index is 193. The van der Waals surface area contributed by atoms with Crippen LogP contribution in [0, 0.1) is 0 Å². The predicted molar refractivity (Wildman–Crippen MR) is 41.6 cm³/mol. The fourth-order valence-electron chi connectivity index (χ4n) is 0.464. The average molecular weight is 186 g/mol. The Kier molecular flexibility index (Phi) is 8.16. The van der Waals surface area contributed by atoms with Crippen LogP contribution in [0.2, 0.25) is 0 Å². The zero-order valence-corrected chi connectivity index (χ0v) is 8.41. The van der Waals surface area contributed by atoms with E-state index in [1.54, 1.807) is 6.92 Å². The number of hydrogen-bond donors (Lipinski definition) is 2. The van der Waals surface area contributed by atoms with Gasteiger partial charge < -0.3 is 13.1 Å². The summed E-state index contributed by atoms with van der Waals surface area (Å²) in [5, 5.41) is 16.4. The van der Waals surface area contributed by atoms with Crippen molar-refractivity contribution in [1.29, 1.82) is 0 Å². The van der Waals surface area contributed by atoms with E-state index in [0.29, 0.717) is 6.08 Å². The van der Waals surface area contributed by atoms with Gasteiger partial charge in [-0.15, -0.1) is 0 Å². The van der Waals surface area contributed by atoms with Gasteiger partial charge in [-0.25, -0.2) is 9.59 Å². The van der Waals surface area contributed by atoms with Crippen LogP contribution in [0.1, 0.15) is 16.2 Å². The molecule has 0 atom stereocenters. The molecule has 0 saturated heterocycles. The maximum atomic E-state index is 10.1. The fourth-order valence-corrected chi connectivity index (χ4v) is 0.464. The molecule has 11 heavy (non-hydrogen) atoms. The average Bonchev–Trinajstić information content (AvgIpc) is 1.81. The molecule has 0 aliphatic heterocycles. The first-order chi connectivity index (χ1) is 4.57. The minimum Gasteiger partial charge on any atom is -1.00 e. The number of aliphatic carboxylic acids is 2. The first-order valence-electron chi connectivity index (χ1n) is 2.74. The van der Waals surface area contributed by atoms with E-state index in [1.165, 1.54) is 0 Å². The third-order valence-corrected chi connectivity index (χ3v) is 0.953. The van der Waals surface area contributed by atoms with Gasteiger partial charge in [0.2, 0.25) is 0 Å². The maximum absolute atomic E-state index is 10.1. The Morgan fingerprint density at radius 2 is 1.91 bits per heavy atom. The molecule has 0 saturated carbocycles. The molecule has 0 aliphatic rings. The normalized spacial score (nSPS) is 10.1. The molecule has 0 bridgehead atoms. The first-order valence-corrected chi connectivity index (χ1v) is 2.74. The number of carboxylic acids is 2. The van der Waals surface area contributed by atoms with Crippen LogP contribution in [0.15, 0.2) is 11.6 Å². The zero-order valence-electron chi connectivity index (χ0n) is 8.20. The molecule has 0 fully saturated rings. The smallest absolute Gasteiger partial charge is 1.00 e. The number of carbonyl (C=O) groups is 2. The Hall–Kier alpha value is -0.0603. The van der Waals surface area contributed by atoms with Crippen LogP contribution < -0.4 is 0 Å². The summed E-state index contributed by atoms with van der Waals surface area (Å²) in [4.78, 5) is 20.1. The Morgan fingerprint density at radius 3 is 2.00 bits per heavy atom. The molecule has 2 N–H and O–H groups in total. The summed E-state index contributed by atoms with van der Waals surface area (Å²) in [6.07, 6.45) is 0.921. The topological polar surface area (TPSA) is 74.6 Å². The van der Waals surface area contributed by atoms with Crippen molar-refractivity contribution in [3.05, 3.63) is 11.6 Å². The number of hydrogen-bond acceptors (Lipinski definition) is 2. The van der Waals surface area contributed by atoms with E-state index in [-0.39, 0.29) is 52.6 Å². The molecule has 0 unspecified atom stereocenters. The maximum Gasteiger partial charge on any atom is 2.00 e. The van der Waals surface area contributed by atoms with E-state index in [4.69, 9.17) is 10.2 Å². The van der Waals surface area contributed by atoms with Gasteiger partial charge in [-0.2, -0.15) is 0 Å². The van der Waals surface area contributed by atoms with Gasteiger partial charge in [-0.3, -0.25) is 0 Å². The van der Waals surface area contributed by atoms with Crippen LogP contribution in [-0.2, 0) is 9.59 Å². The van der Waals surface area contributed by atoms with Crippen molar-refractivity contribution in [1.82, 2.24) is 0 Å². The Balaban J connectivity index is -0.000000135. The molecule has 0 radical (unpaired) electrons. The summed E-state index contributed by atoms with van der Waals surface area (Å²) in [5.74, 6) is -2.40. The zero-order chi connectivity index (χ0) is 8.15. The van der Waals surface area contributed by atoms with E-state index in [0.717, 1.165) is 0 Å². The summed E-state index contributed by atoms with van der Waals surface area (Å²) >= 11 is 0. The second kappa shape index (κ2) is 6.64. The van der Waals surface area contributed by atoms with E-state index in [1.807, 2.05) is 0 Å². The SMILES string of the molecule is CC/C(=C\C(=O)O)C(=O)O.[Ca+2].[H-].[H-]. The molecule has 0 spiro atoms. The molecule has 4 nitrogen and oxygen atoms in total. The number of carboxylic acid groups (broad SMARTS) is 2. The molecular weight excluding hydrogens is 176 g/mol. The van der Waals surface area contributed by atoms with Gasteiger partial charge >= 0.3 is 49.7 Å². The van der Waals surface area contributed by atoms with Crippen LogP contribution in [-0.4, -0.2) is 59.9 Å². The quantitative estimate of drug-likeness (QED) is 0.492. The van der Waals surface area contributed by atoms with Crippen LogP contribution in [0.25, 0.3) is 0 Å². The summed E-state index contributed by atoms with van der Waals surface area (Å²) in [6.45, 7) is 1.59. The van der Waals surface area contributed by atoms with Gasteiger partial charge in [0.15, 0.2) is 0 Å². The molecule has 60 valence electrons. The van der Waals surface area contributed by atoms with E-state index >= 15 is 0 Å². The van der Waals surface area contributed by atoms with Crippen molar-refractivity contribution < 1.29 is 22.7 Å².